The molecule has 6 nitrogen and oxygen atoms in total. The number of rotatable bonds is 7. The topological polar surface area (TPSA) is 51.2 Å². The van der Waals surface area contributed by atoms with E-state index in [0.717, 1.165) is 45.7 Å². The Balaban J connectivity index is 1.65. The predicted molar refractivity (Wildman–Crippen MR) is 105 cm³/mol. The molecular weight excluding hydrogens is 344 g/mol. The molecule has 0 atom stereocenters. The Labute approximate surface area is 162 Å². The largest absolute Gasteiger partial charge is 0.497 e. The fourth-order valence-electron chi connectivity index (χ4n) is 4.01. The van der Waals surface area contributed by atoms with Crippen molar-refractivity contribution in [1.82, 2.24) is 9.80 Å². The van der Waals surface area contributed by atoms with E-state index in [1.807, 2.05) is 4.90 Å². The van der Waals surface area contributed by atoms with E-state index in [9.17, 15) is 4.79 Å². The van der Waals surface area contributed by atoms with Crippen molar-refractivity contribution < 1.29 is 19.0 Å². The van der Waals surface area contributed by atoms with Crippen molar-refractivity contribution in [2.24, 2.45) is 5.92 Å². The number of nitrogens with zero attached hydrogens (tertiary/aromatic N) is 2. The average molecular weight is 376 g/mol. The summed E-state index contributed by atoms with van der Waals surface area (Å²) in [7, 11) is 3.19. The third-order valence-corrected chi connectivity index (χ3v) is 5.49. The number of benzene rings is 1. The molecule has 0 radical (unpaired) electrons. The molecule has 2 heterocycles. The number of ether oxygens (including phenoxy) is 3. The average Bonchev–Trinajstić information content (AvgIpc) is 2.65. The normalized spacial score (nSPS) is 18.7. The number of amides is 1. The van der Waals surface area contributed by atoms with E-state index in [2.05, 4.69) is 18.7 Å². The van der Waals surface area contributed by atoms with Gasteiger partial charge in [-0.15, -0.1) is 0 Å². The van der Waals surface area contributed by atoms with E-state index in [1.54, 1.807) is 32.4 Å². The summed E-state index contributed by atoms with van der Waals surface area (Å²) in [6.07, 6.45) is 2.17. The monoisotopic (exact) mass is 376 g/mol. The third kappa shape index (κ3) is 4.55. The maximum Gasteiger partial charge on any atom is 0.257 e. The summed E-state index contributed by atoms with van der Waals surface area (Å²) in [5.41, 5.74) is 0.596. The van der Waals surface area contributed by atoms with Crippen molar-refractivity contribution in [2.45, 2.75) is 38.8 Å². The zero-order chi connectivity index (χ0) is 19.4. The van der Waals surface area contributed by atoms with Gasteiger partial charge in [0, 0.05) is 51.0 Å². The Bertz CT molecular complexity index is 637. The van der Waals surface area contributed by atoms with Crippen LogP contribution in [0.5, 0.6) is 11.5 Å². The molecule has 150 valence electrons. The van der Waals surface area contributed by atoms with E-state index in [-0.39, 0.29) is 5.91 Å². The van der Waals surface area contributed by atoms with Crippen LogP contribution in [0.25, 0.3) is 0 Å². The van der Waals surface area contributed by atoms with Gasteiger partial charge in [-0.25, -0.2) is 0 Å². The van der Waals surface area contributed by atoms with Gasteiger partial charge in [-0.3, -0.25) is 9.69 Å². The number of carbonyl (C=O) groups excluding carboxylic acids is 1. The smallest absolute Gasteiger partial charge is 0.257 e. The van der Waals surface area contributed by atoms with E-state index >= 15 is 0 Å². The highest BCUT2D eigenvalue weighted by Gasteiger charge is 2.39. The number of carbonyl (C=O) groups is 1. The summed E-state index contributed by atoms with van der Waals surface area (Å²) in [5, 5.41) is 0. The predicted octanol–water partition coefficient (Wildman–Crippen LogP) is 2.67. The van der Waals surface area contributed by atoms with Gasteiger partial charge >= 0.3 is 0 Å². The first kappa shape index (κ1) is 20.0. The molecule has 0 bridgehead atoms. The SMILES string of the molecule is COc1ccc(C(=O)N2CC(N(CC(C)C)C3CCOCC3)C2)c(OC)c1. The highest BCUT2D eigenvalue weighted by atomic mass is 16.5. The lowest BCUT2D eigenvalue weighted by Gasteiger charge is -2.49. The van der Waals surface area contributed by atoms with E-state index in [0.29, 0.717) is 35.1 Å². The molecule has 0 N–H and O–H groups in total. The Hall–Kier alpha value is -1.79. The number of hydrogen-bond donors (Lipinski definition) is 0. The Morgan fingerprint density at radius 1 is 1.19 bits per heavy atom. The Kier molecular flexibility index (Phi) is 6.60. The second-order valence-corrected chi connectivity index (χ2v) is 7.86. The minimum absolute atomic E-state index is 0.0298. The summed E-state index contributed by atoms with van der Waals surface area (Å²) < 4.78 is 16.2. The van der Waals surface area contributed by atoms with Crippen LogP contribution in [0.3, 0.4) is 0 Å². The van der Waals surface area contributed by atoms with Crippen LogP contribution in [0.2, 0.25) is 0 Å². The molecule has 0 spiro atoms. The molecule has 2 fully saturated rings. The van der Waals surface area contributed by atoms with Gasteiger partial charge in [-0.2, -0.15) is 0 Å². The quantitative estimate of drug-likeness (QED) is 0.732. The lowest BCUT2D eigenvalue weighted by Crippen LogP contribution is -2.64. The van der Waals surface area contributed by atoms with Gasteiger partial charge in [0.1, 0.15) is 11.5 Å². The molecule has 2 aliphatic rings. The van der Waals surface area contributed by atoms with Crippen LogP contribution >= 0.6 is 0 Å². The molecule has 0 unspecified atom stereocenters. The maximum absolute atomic E-state index is 12.9. The van der Waals surface area contributed by atoms with Crippen molar-refractivity contribution in [1.29, 1.82) is 0 Å². The zero-order valence-corrected chi connectivity index (χ0v) is 16.9. The maximum atomic E-state index is 12.9. The van der Waals surface area contributed by atoms with Crippen LogP contribution in [0.4, 0.5) is 0 Å². The van der Waals surface area contributed by atoms with E-state index < -0.39 is 0 Å². The molecule has 0 saturated carbocycles. The van der Waals surface area contributed by atoms with Gasteiger partial charge in [-0.1, -0.05) is 13.8 Å². The minimum Gasteiger partial charge on any atom is -0.497 e. The number of likely N-dealkylation sites (tertiary alicyclic amines) is 1. The highest BCUT2D eigenvalue weighted by molar-refractivity contribution is 5.97. The fourth-order valence-corrected chi connectivity index (χ4v) is 4.01. The molecule has 1 aromatic rings. The third-order valence-electron chi connectivity index (χ3n) is 5.49. The van der Waals surface area contributed by atoms with Crippen molar-refractivity contribution >= 4 is 5.91 Å². The molecule has 1 aromatic carbocycles. The summed E-state index contributed by atoms with van der Waals surface area (Å²) >= 11 is 0. The van der Waals surface area contributed by atoms with Gasteiger partial charge in [-0.05, 0) is 30.9 Å². The van der Waals surface area contributed by atoms with E-state index in [1.165, 1.54) is 0 Å². The van der Waals surface area contributed by atoms with Gasteiger partial charge in [0.05, 0.1) is 19.8 Å². The molecule has 0 aromatic heterocycles. The van der Waals surface area contributed by atoms with Gasteiger partial charge < -0.3 is 19.1 Å². The number of methoxy groups -OCH3 is 2. The first-order valence-electron chi connectivity index (χ1n) is 9.88. The summed E-state index contributed by atoms with van der Waals surface area (Å²) in [5.74, 6) is 1.89. The highest BCUT2D eigenvalue weighted by Crippen LogP contribution is 2.29. The molecule has 1 amide bonds. The zero-order valence-electron chi connectivity index (χ0n) is 16.9. The minimum atomic E-state index is 0.0298. The van der Waals surface area contributed by atoms with Gasteiger partial charge in [0.15, 0.2) is 0 Å². The summed E-state index contributed by atoms with van der Waals surface area (Å²) in [6, 6.07) is 6.36. The standard InChI is InChI=1S/C21H32N2O4/c1-15(2)12-23(16-7-9-27-10-8-16)17-13-22(14-17)21(24)19-6-5-18(25-3)11-20(19)26-4/h5-6,11,15-17H,7-10,12-14H2,1-4H3. The van der Waals surface area contributed by atoms with Gasteiger partial charge in [0.25, 0.3) is 5.91 Å². The fraction of sp³-hybridized carbons (Fsp3) is 0.667. The first-order chi connectivity index (χ1) is 13.0. The second-order valence-electron chi connectivity index (χ2n) is 7.86. The van der Waals surface area contributed by atoms with E-state index in [4.69, 9.17) is 14.2 Å². The van der Waals surface area contributed by atoms with Crippen LogP contribution in [-0.2, 0) is 4.74 Å². The van der Waals surface area contributed by atoms with Crippen molar-refractivity contribution in [3.05, 3.63) is 23.8 Å². The molecule has 0 aliphatic carbocycles. The van der Waals surface area contributed by atoms with Crippen LogP contribution in [0, 0.1) is 5.92 Å². The Morgan fingerprint density at radius 2 is 1.89 bits per heavy atom. The lowest BCUT2D eigenvalue weighted by molar-refractivity contribution is -0.0294. The van der Waals surface area contributed by atoms with Crippen molar-refractivity contribution in [3.63, 3.8) is 0 Å². The molecular formula is C21H32N2O4. The molecule has 27 heavy (non-hydrogen) atoms. The molecule has 2 aliphatic heterocycles. The van der Waals surface area contributed by atoms with Crippen LogP contribution in [0.15, 0.2) is 18.2 Å². The van der Waals surface area contributed by atoms with Crippen molar-refractivity contribution in [3.8, 4) is 11.5 Å². The van der Waals surface area contributed by atoms with Crippen LogP contribution in [-0.4, -0.2) is 74.9 Å². The lowest BCUT2D eigenvalue weighted by atomic mass is 9.97. The Morgan fingerprint density at radius 3 is 2.48 bits per heavy atom. The summed E-state index contributed by atoms with van der Waals surface area (Å²) in [6.45, 7) is 8.83. The molecule has 6 heteroatoms. The van der Waals surface area contributed by atoms with Crippen LogP contribution in [0.1, 0.15) is 37.0 Å². The first-order valence-corrected chi connectivity index (χ1v) is 9.88. The summed E-state index contributed by atoms with van der Waals surface area (Å²) in [4.78, 5) is 17.5. The van der Waals surface area contributed by atoms with Gasteiger partial charge in [0.2, 0.25) is 0 Å². The van der Waals surface area contributed by atoms with Crippen LogP contribution < -0.4 is 9.47 Å². The second kappa shape index (κ2) is 8.93. The molecule has 2 saturated heterocycles. The number of hydrogen-bond acceptors (Lipinski definition) is 5. The van der Waals surface area contributed by atoms with Crippen molar-refractivity contribution in [2.75, 3.05) is 47.1 Å². The molecule has 3 rings (SSSR count).